The van der Waals surface area contributed by atoms with Crippen molar-refractivity contribution in [2.45, 2.75) is 25.9 Å². The van der Waals surface area contributed by atoms with Crippen LogP contribution < -0.4 is 5.32 Å². The maximum atomic E-state index is 9.06. The summed E-state index contributed by atoms with van der Waals surface area (Å²) in [6.07, 6.45) is 2.99. The predicted molar refractivity (Wildman–Crippen MR) is 64.1 cm³/mol. The van der Waals surface area contributed by atoms with Crippen LogP contribution in [-0.2, 0) is 0 Å². The highest BCUT2D eigenvalue weighted by Gasteiger charge is 2.03. The summed E-state index contributed by atoms with van der Waals surface area (Å²) in [5.74, 6) is 0.681. The van der Waals surface area contributed by atoms with Gasteiger partial charge in [-0.05, 0) is 47.3 Å². The minimum atomic E-state index is -0.260. The van der Waals surface area contributed by atoms with E-state index in [-0.39, 0.29) is 11.4 Å². The normalized spacial score (nSPS) is 12.5. The fourth-order valence-electron chi connectivity index (χ4n) is 1.07. The summed E-state index contributed by atoms with van der Waals surface area (Å²) in [7, 11) is 0. The zero-order valence-corrected chi connectivity index (χ0v) is 10.7. The summed E-state index contributed by atoms with van der Waals surface area (Å²) < 4.78 is 0.781. The van der Waals surface area contributed by atoms with Crippen molar-refractivity contribution in [3.63, 3.8) is 0 Å². The third-order valence-electron chi connectivity index (χ3n) is 1.81. The van der Waals surface area contributed by atoms with Crippen LogP contribution in [-0.4, -0.2) is 27.7 Å². The number of nitrogens with one attached hydrogen (secondary N) is 1. The number of aliphatic hydroxyl groups is 1. The number of aliphatic hydroxyl groups excluding tert-OH is 1. The van der Waals surface area contributed by atoms with Gasteiger partial charge in [0.1, 0.15) is 5.82 Å². The summed E-state index contributed by atoms with van der Waals surface area (Å²) in [4.78, 5) is 7.85. The molecule has 0 aromatic carbocycles. The van der Waals surface area contributed by atoms with Crippen molar-refractivity contribution < 1.29 is 5.11 Å². The molecule has 0 fully saturated rings. The zero-order chi connectivity index (χ0) is 11.3. The maximum Gasteiger partial charge on any atom is 0.224 e. The lowest BCUT2D eigenvalue weighted by Gasteiger charge is -2.08. The first-order valence-electron chi connectivity index (χ1n) is 4.69. The van der Waals surface area contributed by atoms with Gasteiger partial charge in [-0.15, -0.1) is 0 Å². The Morgan fingerprint density at radius 1 is 1.67 bits per heavy atom. The molecule has 0 amide bonds. The van der Waals surface area contributed by atoms with Gasteiger partial charge in [0.15, 0.2) is 0 Å². The zero-order valence-electron chi connectivity index (χ0n) is 8.37. The summed E-state index contributed by atoms with van der Waals surface area (Å²) in [6, 6.07) is 0. The van der Waals surface area contributed by atoms with Crippen LogP contribution >= 0.6 is 27.5 Å². The number of hydrogen-bond acceptors (Lipinski definition) is 4. The average molecular weight is 295 g/mol. The molecule has 1 atom stereocenters. The molecule has 2 N–H and O–H groups in total. The first-order chi connectivity index (χ1) is 7.09. The molecular weight excluding hydrogens is 281 g/mol. The minimum absolute atomic E-state index is 0.219. The molecule has 0 saturated carbocycles. The van der Waals surface area contributed by atoms with Crippen molar-refractivity contribution in [1.82, 2.24) is 9.97 Å². The summed E-state index contributed by atoms with van der Waals surface area (Å²) >= 11 is 8.97. The van der Waals surface area contributed by atoms with Gasteiger partial charge in [0.25, 0.3) is 0 Å². The highest BCUT2D eigenvalue weighted by molar-refractivity contribution is 9.10. The van der Waals surface area contributed by atoms with Gasteiger partial charge in [0.05, 0.1) is 10.6 Å². The topological polar surface area (TPSA) is 58.0 Å². The number of halogens is 2. The first-order valence-corrected chi connectivity index (χ1v) is 5.86. The number of aromatic nitrogens is 2. The highest BCUT2D eigenvalue weighted by Crippen LogP contribution is 2.19. The van der Waals surface area contributed by atoms with Gasteiger partial charge in [-0.3, -0.25) is 0 Å². The van der Waals surface area contributed by atoms with E-state index < -0.39 is 0 Å². The van der Waals surface area contributed by atoms with E-state index in [1.165, 1.54) is 0 Å². The molecule has 1 aromatic rings. The quantitative estimate of drug-likeness (QED) is 0.647. The lowest BCUT2D eigenvalue weighted by Crippen LogP contribution is -2.08. The Morgan fingerprint density at radius 2 is 2.40 bits per heavy atom. The van der Waals surface area contributed by atoms with E-state index >= 15 is 0 Å². The molecule has 4 nitrogen and oxygen atoms in total. The number of hydrogen-bond donors (Lipinski definition) is 2. The Labute approximate surface area is 102 Å². The molecule has 0 aliphatic carbocycles. The standard InChI is InChI=1S/C9H13BrClN3O/c1-6(15)3-2-4-12-8-7(10)5-13-9(11)14-8/h5-6,15H,2-4H2,1H3,(H,12,13,14). The Balaban J connectivity index is 2.40. The van der Waals surface area contributed by atoms with Crippen molar-refractivity contribution in [2.75, 3.05) is 11.9 Å². The fraction of sp³-hybridized carbons (Fsp3) is 0.556. The van der Waals surface area contributed by atoms with Crippen molar-refractivity contribution in [3.8, 4) is 0 Å². The van der Waals surface area contributed by atoms with E-state index in [1.807, 2.05) is 0 Å². The largest absolute Gasteiger partial charge is 0.393 e. The van der Waals surface area contributed by atoms with Crippen LogP contribution in [0.25, 0.3) is 0 Å². The van der Waals surface area contributed by atoms with Gasteiger partial charge in [0, 0.05) is 12.7 Å². The Morgan fingerprint density at radius 3 is 3.07 bits per heavy atom. The van der Waals surface area contributed by atoms with E-state index in [4.69, 9.17) is 16.7 Å². The molecule has 0 spiro atoms. The molecule has 15 heavy (non-hydrogen) atoms. The molecule has 1 heterocycles. The van der Waals surface area contributed by atoms with Crippen molar-refractivity contribution in [2.24, 2.45) is 0 Å². The monoisotopic (exact) mass is 293 g/mol. The van der Waals surface area contributed by atoms with E-state index in [0.717, 1.165) is 23.9 Å². The Kier molecular flexibility index (Phi) is 5.28. The third-order valence-corrected chi connectivity index (χ3v) is 2.57. The Bertz CT molecular complexity index is 322. The summed E-state index contributed by atoms with van der Waals surface area (Å²) in [6.45, 7) is 2.52. The van der Waals surface area contributed by atoms with Crippen molar-refractivity contribution >= 4 is 33.3 Å². The van der Waals surface area contributed by atoms with Gasteiger partial charge in [-0.1, -0.05) is 0 Å². The highest BCUT2D eigenvalue weighted by atomic mass is 79.9. The number of nitrogens with zero attached hydrogens (tertiary/aromatic N) is 2. The molecule has 1 unspecified atom stereocenters. The minimum Gasteiger partial charge on any atom is -0.393 e. The van der Waals surface area contributed by atoms with E-state index in [9.17, 15) is 0 Å². The average Bonchev–Trinajstić information content (AvgIpc) is 2.17. The lowest BCUT2D eigenvalue weighted by atomic mass is 10.2. The van der Waals surface area contributed by atoms with Gasteiger partial charge in [0.2, 0.25) is 5.28 Å². The van der Waals surface area contributed by atoms with Crippen LogP contribution in [0, 0.1) is 0 Å². The van der Waals surface area contributed by atoms with Crippen LogP contribution in [0.3, 0.4) is 0 Å². The molecule has 6 heteroatoms. The van der Waals surface area contributed by atoms with Crippen LogP contribution in [0.5, 0.6) is 0 Å². The second kappa shape index (κ2) is 6.25. The molecule has 1 aromatic heterocycles. The molecule has 1 rings (SSSR count). The lowest BCUT2D eigenvalue weighted by molar-refractivity contribution is 0.183. The van der Waals surface area contributed by atoms with Gasteiger partial charge >= 0.3 is 0 Å². The summed E-state index contributed by atoms with van der Waals surface area (Å²) in [5, 5.41) is 12.4. The Hall–Kier alpha value is -0.390. The van der Waals surface area contributed by atoms with E-state index in [0.29, 0.717) is 5.82 Å². The molecule has 0 bridgehead atoms. The maximum absolute atomic E-state index is 9.06. The molecule has 84 valence electrons. The molecule has 0 aliphatic rings. The van der Waals surface area contributed by atoms with Crippen molar-refractivity contribution in [3.05, 3.63) is 16.0 Å². The van der Waals surface area contributed by atoms with Gasteiger partial charge in [-0.25, -0.2) is 4.98 Å². The predicted octanol–water partition coefficient (Wildman–Crippen LogP) is 2.47. The van der Waals surface area contributed by atoms with Crippen LogP contribution in [0.15, 0.2) is 10.7 Å². The van der Waals surface area contributed by atoms with Crippen LogP contribution in [0.2, 0.25) is 5.28 Å². The van der Waals surface area contributed by atoms with Crippen molar-refractivity contribution in [1.29, 1.82) is 0 Å². The molecular formula is C9H13BrClN3O. The van der Waals surface area contributed by atoms with Crippen LogP contribution in [0.4, 0.5) is 5.82 Å². The second-order valence-electron chi connectivity index (χ2n) is 3.25. The SMILES string of the molecule is CC(O)CCCNc1nc(Cl)ncc1Br. The van der Waals surface area contributed by atoms with E-state index in [2.05, 4.69) is 31.2 Å². The van der Waals surface area contributed by atoms with E-state index in [1.54, 1.807) is 13.1 Å². The molecule has 0 aliphatic heterocycles. The summed E-state index contributed by atoms with van der Waals surface area (Å²) in [5.41, 5.74) is 0. The fourth-order valence-corrected chi connectivity index (χ4v) is 1.54. The smallest absolute Gasteiger partial charge is 0.224 e. The second-order valence-corrected chi connectivity index (χ2v) is 4.45. The van der Waals surface area contributed by atoms with Gasteiger partial charge < -0.3 is 10.4 Å². The third kappa shape index (κ3) is 4.77. The van der Waals surface area contributed by atoms with Gasteiger partial charge in [-0.2, -0.15) is 4.98 Å². The first kappa shape index (κ1) is 12.7. The number of anilines is 1. The molecule has 0 radical (unpaired) electrons. The van der Waals surface area contributed by atoms with Crippen LogP contribution in [0.1, 0.15) is 19.8 Å². The number of rotatable bonds is 5. The molecule has 0 saturated heterocycles.